The lowest BCUT2D eigenvalue weighted by molar-refractivity contribution is 0.414. The lowest BCUT2D eigenvalue weighted by Crippen LogP contribution is -2.18. The van der Waals surface area contributed by atoms with Crippen molar-refractivity contribution in [3.63, 3.8) is 0 Å². The van der Waals surface area contributed by atoms with Crippen LogP contribution in [0.2, 0.25) is 0 Å². The number of benzene rings is 2. The predicted octanol–water partition coefficient (Wildman–Crippen LogP) is 3.99. The molecule has 106 valence electrons. The van der Waals surface area contributed by atoms with Crippen LogP contribution in [0.25, 0.3) is 0 Å². The average molecular weight is 273 g/mol. The van der Waals surface area contributed by atoms with E-state index in [0.717, 1.165) is 23.4 Å². The van der Waals surface area contributed by atoms with E-state index >= 15 is 0 Å². The van der Waals surface area contributed by atoms with Crippen LogP contribution in [0.15, 0.2) is 42.5 Å². The van der Waals surface area contributed by atoms with Gasteiger partial charge in [-0.15, -0.1) is 0 Å². The highest BCUT2D eigenvalue weighted by Crippen LogP contribution is 2.18. The van der Waals surface area contributed by atoms with Crippen LogP contribution in [-0.4, -0.2) is 7.11 Å². The van der Waals surface area contributed by atoms with Crippen LogP contribution in [0.3, 0.4) is 0 Å². The third-order valence-corrected chi connectivity index (χ3v) is 3.52. The summed E-state index contributed by atoms with van der Waals surface area (Å²) in [5.41, 5.74) is 3.29. The molecule has 2 aromatic rings. The number of ether oxygens (including phenoxy) is 1. The summed E-state index contributed by atoms with van der Waals surface area (Å²) < 4.78 is 18.2. The van der Waals surface area contributed by atoms with Gasteiger partial charge in [-0.3, -0.25) is 0 Å². The molecule has 2 aromatic carbocycles. The van der Waals surface area contributed by atoms with Crippen LogP contribution >= 0.6 is 0 Å². The molecule has 0 saturated carbocycles. The first-order chi connectivity index (χ1) is 9.60. The first kappa shape index (κ1) is 14.5. The Labute approximate surface area is 119 Å². The summed E-state index contributed by atoms with van der Waals surface area (Å²) in [5.74, 6) is 0.671. The van der Waals surface area contributed by atoms with E-state index in [0.29, 0.717) is 0 Å². The maximum Gasteiger partial charge on any atom is 0.123 e. The second-order valence-electron chi connectivity index (χ2n) is 4.95. The minimum atomic E-state index is -0.186. The topological polar surface area (TPSA) is 21.3 Å². The summed E-state index contributed by atoms with van der Waals surface area (Å²) in [4.78, 5) is 0. The van der Waals surface area contributed by atoms with Gasteiger partial charge in [0.05, 0.1) is 7.11 Å². The Morgan fingerprint density at radius 3 is 2.45 bits per heavy atom. The SMILES string of the molecule is COc1ccc([C@@H](C)NCc2ccc(F)cc2C)cc1. The number of methoxy groups -OCH3 is 1. The molecule has 0 aromatic heterocycles. The van der Waals surface area contributed by atoms with Crippen molar-refractivity contribution in [1.82, 2.24) is 5.32 Å². The van der Waals surface area contributed by atoms with E-state index in [1.54, 1.807) is 13.2 Å². The van der Waals surface area contributed by atoms with Crippen molar-refractivity contribution in [3.8, 4) is 5.75 Å². The van der Waals surface area contributed by atoms with Crippen molar-refractivity contribution in [2.24, 2.45) is 0 Å². The Balaban J connectivity index is 1.98. The van der Waals surface area contributed by atoms with Crippen LogP contribution < -0.4 is 10.1 Å². The van der Waals surface area contributed by atoms with Gasteiger partial charge in [0.1, 0.15) is 11.6 Å². The van der Waals surface area contributed by atoms with E-state index in [9.17, 15) is 4.39 Å². The summed E-state index contributed by atoms with van der Waals surface area (Å²) in [7, 11) is 1.66. The zero-order valence-electron chi connectivity index (χ0n) is 12.1. The normalized spacial score (nSPS) is 12.2. The molecule has 0 radical (unpaired) electrons. The second-order valence-corrected chi connectivity index (χ2v) is 4.95. The Morgan fingerprint density at radius 1 is 1.15 bits per heavy atom. The first-order valence-corrected chi connectivity index (χ1v) is 6.72. The van der Waals surface area contributed by atoms with Gasteiger partial charge in [0.2, 0.25) is 0 Å². The number of hydrogen-bond acceptors (Lipinski definition) is 2. The summed E-state index contributed by atoms with van der Waals surface area (Å²) in [5, 5.41) is 3.45. The number of nitrogens with one attached hydrogen (secondary N) is 1. The zero-order chi connectivity index (χ0) is 14.5. The standard InChI is InChI=1S/C17H20FNO/c1-12-10-16(18)7-4-15(12)11-19-13(2)14-5-8-17(20-3)9-6-14/h4-10,13,19H,11H2,1-3H3/t13-/m1/s1. The minimum absolute atomic E-state index is 0.186. The van der Waals surface area contributed by atoms with Gasteiger partial charge in [-0.25, -0.2) is 4.39 Å². The molecule has 1 atom stereocenters. The molecule has 0 heterocycles. The fourth-order valence-electron chi connectivity index (χ4n) is 2.13. The van der Waals surface area contributed by atoms with Crippen molar-refractivity contribution in [2.75, 3.05) is 7.11 Å². The highest BCUT2D eigenvalue weighted by atomic mass is 19.1. The smallest absolute Gasteiger partial charge is 0.123 e. The van der Waals surface area contributed by atoms with Crippen molar-refractivity contribution in [3.05, 3.63) is 65.0 Å². The first-order valence-electron chi connectivity index (χ1n) is 6.72. The molecule has 0 bridgehead atoms. The van der Waals surface area contributed by atoms with Crippen LogP contribution in [-0.2, 0) is 6.54 Å². The maximum absolute atomic E-state index is 13.1. The second kappa shape index (κ2) is 6.53. The van der Waals surface area contributed by atoms with Crippen molar-refractivity contribution >= 4 is 0 Å². The van der Waals surface area contributed by atoms with Crippen molar-refractivity contribution < 1.29 is 9.13 Å². The van der Waals surface area contributed by atoms with E-state index in [2.05, 4.69) is 12.2 Å². The molecule has 0 spiro atoms. The molecule has 0 amide bonds. The van der Waals surface area contributed by atoms with E-state index in [4.69, 9.17) is 4.74 Å². The fraction of sp³-hybridized carbons (Fsp3) is 0.294. The van der Waals surface area contributed by atoms with Gasteiger partial charge in [-0.2, -0.15) is 0 Å². The third-order valence-electron chi connectivity index (χ3n) is 3.52. The molecule has 0 aliphatic carbocycles. The average Bonchev–Trinajstić information content (AvgIpc) is 2.46. The molecule has 0 aliphatic heterocycles. The summed E-state index contributed by atoms with van der Waals surface area (Å²) in [6, 6.07) is 13.1. The van der Waals surface area contributed by atoms with E-state index in [1.165, 1.54) is 11.6 Å². The highest BCUT2D eigenvalue weighted by molar-refractivity contribution is 5.30. The zero-order valence-corrected chi connectivity index (χ0v) is 12.1. The number of aryl methyl sites for hydroxylation is 1. The maximum atomic E-state index is 13.1. The van der Waals surface area contributed by atoms with Crippen molar-refractivity contribution in [1.29, 1.82) is 0 Å². The number of hydrogen-bond donors (Lipinski definition) is 1. The van der Waals surface area contributed by atoms with E-state index in [1.807, 2.05) is 37.3 Å². The molecule has 3 heteroatoms. The predicted molar refractivity (Wildman–Crippen MR) is 79.4 cm³/mol. The molecule has 0 saturated heterocycles. The Kier molecular flexibility index (Phi) is 4.74. The molecule has 2 rings (SSSR count). The molecule has 1 N–H and O–H groups in total. The Hall–Kier alpha value is -1.87. The van der Waals surface area contributed by atoms with Gasteiger partial charge in [-0.05, 0) is 54.8 Å². The minimum Gasteiger partial charge on any atom is -0.497 e. The Bertz CT molecular complexity index is 566. The number of rotatable bonds is 5. The van der Waals surface area contributed by atoms with E-state index in [-0.39, 0.29) is 11.9 Å². The fourth-order valence-corrected chi connectivity index (χ4v) is 2.13. The highest BCUT2D eigenvalue weighted by Gasteiger charge is 2.06. The van der Waals surface area contributed by atoms with Gasteiger partial charge in [-0.1, -0.05) is 18.2 Å². The molecule has 0 unspecified atom stereocenters. The summed E-state index contributed by atoms with van der Waals surface area (Å²) >= 11 is 0. The van der Waals surface area contributed by atoms with Gasteiger partial charge in [0.15, 0.2) is 0 Å². The number of halogens is 1. The lowest BCUT2D eigenvalue weighted by Gasteiger charge is -2.16. The third kappa shape index (κ3) is 3.58. The summed E-state index contributed by atoms with van der Waals surface area (Å²) in [6.45, 7) is 4.76. The van der Waals surface area contributed by atoms with Crippen LogP contribution in [0.4, 0.5) is 4.39 Å². The molecular weight excluding hydrogens is 253 g/mol. The van der Waals surface area contributed by atoms with Gasteiger partial charge in [0.25, 0.3) is 0 Å². The Morgan fingerprint density at radius 2 is 1.85 bits per heavy atom. The van der Waals surface area contributed by atoms with Crippen LogP contribution in [0.1, 0.15) is 29.7 Å². The van der Waals surface area contributed by atoms with Crippen LogP contribution in [0, 0.1) is 12.7 Å². The van der Waals surface area contributed by atoms with Crippen molar-refractivity contribution in [2.45, 2.75) is 26.4 Å². The van der Waals surface area contributed by atoms with E-state index < -0.39 is 0 Å². The van der Waals surface area contributed by atoms with Crippen LogP contribution in [0.5, 0.6) is 5.75 Å². The quantitative estimate of drug-likeness (QED) is 0.889. The molecule has 2 nitrogen and oxygen atoms in total. The lowest BCUT2D eigenvalue weighted by atomic mass is 10.1. The van der Waals surface area contributed by atoms with Gasteiger partial charge < -0.3 is 10.1 Å². The summed E-state index contributed by atoms with van der Waals surface area (Å²) in [6.07, 6.45) is 0. The van der Waals surface area contributed by atoms with Gasteiger partial charge in [0, 0.05) is 12.6 Å². The van der Waals surface area contributed by atoms with Gasteiger partial charge >= 0.3 is 0 Å². The monoisotopic (exact) mass is 273 g/mol. The molecule has 20 heavy (non-hydrogen) atoms. The molecule has 0 aliphatic rings. The largest absolute Gasteiger partial charge is 0.497 e. The molecule has 0 fully saturated rings. The molecular formula is C17H20FNO.